The van der Waals surface area contributed by atoms with Gasteiger partial charge in [-0.3, -0.25) is 9.59 Å². The molecule has 2 rings (SSSR count). The van der Waals surface area contributed by atoms with E-state index in [1.165, 1.54) is 26.2 Å². The highest BCUT2D eigenvalue weighted by Gasteiger charge is 2.18. The molecule has 2 amide bonds. The Bertz CT molecular complexity index is 788. The zero-order chi connectivity index (χ0) is 17.7. The maximum Gasteiger partial charge on any atom is 0.342 e. The van der Waals surface area contributed by atoms with Gasteiger partial charge in [-0.05, 0) is 22.9 Å². The zero-order valence-electron chi connectivity index (χ0n) is 13.4. The van der Waals surface area contributed by atoms with E-state index in [4.69, 9.17) is 4.74 Å². The molecular weight excluding hydrogens is 312 g/mol. The van der Waals surface area contributed by atoms with Gasteiger partial charge in [0.05, 0.1) is 6.54 Å². The summed E-state index contributed by atoms with van der Waals surface area (Å²) in [5.74, 6) is -1.87. The molecule has 7 nitrogen and oxygen atoms in total. The van der Waals surface area contributed by atoms with Gasteiger partial charge in [0.15, 0.2) is 6.61 Å². The van der Waals surface area contributed by atoms with Crippen LogP contribution in [0.1, 0.15) is 10.4 Å². The highest BCUT2D eigenvalue weighted by atomic mass is 16.5. The van der Waals surface area contributed by atoms with Gasteiger partial charge in [-0.2, -0.15) is 0 Å². The van der Waals surface area contributed by atoms with Crippen molar-refractivity contribution in [2.75, 3.05) is 27.2 Å². The van der Waals surface area contributed by atoms with Crippen molar-refractivity contribution >= 4 is 28.6 Å². The molecule has 0 atom stereocenters. The molecule has 0 aromatic heterocycles. The lowest BCUT2D eigenvalue weighted by atomic mass is 10.1. The molecule has 0 aliphatic heterocycles. The summed E-state index contributed by atoms with van der Waals surface area (Å²) in [7, 11) is 2.89. The molecule has 2 N–H and O–H groups in total. The van der Waals surface area contributed by atoms with E-state index in [2.05, 4.69) is 5.32 Å². The summed E-state index contributed by atoms with van der Waals surface area (Å²) in [6, 6.07) is 10.2. The van der Waals surface area contributed by atoms with E-state index >= 15 is 0 Å². The van der Waals surface area contributed by atoms with E-state index in [1.807, 2.05) is 12.1 Å². The number of esters is 1. The number of nitrogens with one attached hydrogen (secondary N) is 1. The van der Waals surface area contributed by atoms with Gasteiger partial charge in [-0.1, -0.05) is 24.3 Å². The second kappa shape index (κ2) is 7.45. The van der Waals surface area contributed by atoms with E-state index in [-0.39, 0.29) is 23.8 Å². The Morgan fingerprint density at radius 3 is 2.42 bits per heavy atom. The van der Waals surface area contributed by atoms with Gasteiger partial charge >= 0.3 is 5.97 Å². The minimum absolute atomic E-state index is 0.0181. The number of aromatic hydroxyl groups is 1. The first-order valence-corrected chi connectivity index (χ1v) is 7.25. The summed E-state index contributed by atoms with van der Waals surface area (Å²) in [5.41, 5.74) is -0.0181. The third-order valence-corrected chi connectivity index (χ3v) is 3.50. The van der Waals surface area contributed by atoms with Crippen molar-refractivity contribution in [3.05, 3.63) is 42.0 Å². The van der Waals surface area contributed by atoms with Crippen molar-refractivity contribution in [2.24, 2.45) is 0 Å². The number of hydrogen-bond donors (Lipinski definition) is 2. The number of hydrogen-bond acceptors (Lipinski definition) is 5. The van der Waals surface area contributed by atoms with Crippen LogP contribution in [-0.4, -0.2) is 55.0 Å². The van der Waals surface area contributed by atoms with Crippen LogP contribution in [-0.2, 0) is 14.3 Å². The number of ether oxygens (including phenoxy) is 1. The number of amides is 2. The Labute approximate surface area is 138 Å². The quantitative estimate of drug-likeness (QED) is 0.794. The normalized spacial score (nSPS) is 10.2. The van der Waals surface area contributed by atoms with Gasteiger partial charge in [0.1, 0.15) is 11.3 Å². The molecule has 126 valence electrons. The standard InChI is InChI=1S/C17H18N2O5/c1-18-15(21)9-19(2)16(22)10-24-17(23)13-7-11-5-3-4-6-12(11)8-14(13)20/h3-8,20H,9-10H2,1-2H3,(H,18,21). The number of fused-ring (bicyclic) bond motifs is 1. The van der Waals surface area contributed by atoms with Crippen LogP contribution < -0.4 is 5.32 Å². The molecule has 0 heterocycles. The highest BCUT2D eigenvalue weighted by Crippen LogP contribution is 2.25. The van der Waals surface area contributed by atoms with E-state index in [0.717, 1.165) is 15.7 Å². The molecule has 2 aromatic carbocycles. The highest BCUT2D eigenvalue weighted by molar-refractivity contribution is 5.99. The van der Waals surface area contributed by atoms with Crippen LogP contribution in [0, 0.1) is 0 Å². The summed E-state index contributed by atoms with van der Waals surface area (Å²) in [6.45, 7) is -0.646. The number of phenols is 1. The van der Waals surface area contributed by atoms with Crippen LogP contribution in [0.3, 0.4) is 0 Å². The molecule has 0 unspecified atom stereocenters. The van der Waals surface area contributed by atoms with Crippen LogP contribution in [0.4, 0.5) is 0 Å². The molecule has 0 radical (unpaired) electrons. The Morgan fingerprint density at radius 1 is 1.17 bits per heavy atom. The van der Waals surface area contributed by atoms with Crippen molar-refractivity contribution in [3.8, 4) is 5.75 Å². The summed E-state index contributed by atoms with van der Waals surface area (Å²) < 4.78 is 4.93. The van der Waals surface area contributed by atoms with Crippen molar-refractivity contribution < 1.29 is 24.2 Å². The Balaban J connectivity index is 2.03. The van der Waals surface area contributed by atoms with Crippen LogP contribution in [0.2, 0.25) is 0 Å². The Kier molecular flexibility index (Phi) is 5.36. The summed E-state index contributed by atoms with van der Waals surface area (Å²) in [5, 5.41) is 13.9. The van der Waals surface area contributed by atoms with E-state index in [0.29, 0.717) is 0 Å². The van der Waals surface area contributed by atoms with Gasteiger partial charge in [0, 0.05) is 14.1 Å². The first-order valence-electron chi connectivity index (χ1n) is 7.25. The lowest BCUT2D eigenvalue weighted by molar-refractivity contribution is -0.137. The van der Waals surface area contributed by atoms with E-state index in [9.17, 15) is 19.5 Å². The maximum absolute atomic E-state index is 12.1. The number of carbonyl (C=O) groups is 3. The first kappa shape index (κ1) is 17.3. The summed E-state index contributed by atoms with van der Waals surface area (Å²) in [4.78, 5) is 36.3. The lowest BCUT2D eigenvalue weighted by Gasteiger charge is -2.16. The van der Waals surface area contributed by atoms with Gasteiger partial charge in [0.2, 0.25) is 5.91 Å². The SMILES string of the molecule is CNC(=O)CN(C)C(=O)COC(=O)c1cc2ccccc2cc1O. The minimum Gasteiger partial charge on any atom is -0.507 e. The minimum atomic E-state index is -0.806. The largest absolute Gasteiger partial charge is 0.507 e. The van der Waals surface area contributed by atoms with Crippen LogP contribution >= 0.6 is 0 Å². The van der Waals surface area contributed by atoms with Crippen LogP contribution in [0.5, 0.6) is 5.75 Å². The number of benzene rings is 2. The molecule has 0 aliphatic rings. The average molecular weight is 330 g/mol. The molecule has 24 heavy (non-hydrogen) atoms. The molecule has 0 fully saturated rings. The predicted molar refractivity (Wildman–Crippen MR) is 87.6 cm³/mol. The Morgan fingerprint density at radius 2 is 1.79 bits per heavy atom. The van der Waals surface area contributed by atoms with Gasteiger partial charge < -0.3 is 20.1 Å². The van der Waals surface area contributed by atoms with Crippen molar-refractivity contribution in [2.45, 2.75) is 0 Å². The molecule has 0 bridgehead atoms. The number of carbonyl (C=O) groups excluding carboxylic acids is 3. The van der Waals surface area contributed by atoms with Gasteiger partial charge in [-0.25, -0.2) is 4.79 Å². The average Bonchev–Trinajstić information content (AvgIpc) is 2.58. The number of rotatable bonds is 5. The summed E-state index contributed by atoms with van der Waals surface area (Å²) in [6.07, 6.45) is 0. The topological polar surface area (TPSA) is 95.9 Å². The fourth-order valence-electron chi connectivity index (χ4n) is 2.09. The van der Waals surface area contributed by atoms with Crippen molar-refractivity contribution in [1.29, 1.82) is 0 Å². The first-order chi connectivity index (χ1) is 11.4. The zero-order valence-corrected chi connectivity index (χ0v) is 13.4. The van der Waals surface area contributed by atoms with Crippen molar-refractivity contribution in [1.82, 2.24) is 10.2 Å². The van der Waals surface area contributed by atoms with Crippen LogP contribution in [0.15, 0.2) is 36.4 Å². The maximum atomic E-state index is 12.1. The smallest absolute Gasteiger partial charge is 0.342 e. The molecule has 0 aliphatic carbocycles. The Hall–Kier alpha value is -3.09. The van der Waals surface area contributed by atoms with Crippen LogP contribution in [0.25, 0.3) is 10.8 Å². The third kappa shape index (κ3) is 4.01. The second-order valence-corrected chi connectivity index (χ2v) is 5.22. The molecule has 0 spiro atoms. The van der Waals surface area contributed by atoms with E-state index in [1.54, 1.807) is 12.1 Å². The molecular formula is C17H18N2O5. The van der Waals surface area contributed by atoms with Gasteiger partial charge in [-0.15, -0.1) is 0 Å². The predicted octanol–water partition coefficient (Wildman–Crippen LogP) is 0.907. The molecule has 7 heteroatoms. The second-order valence-electron chi connectivity index (χ2n) is 5.22. The number of phenolic OH excluding ortho intramolecular Hbond substituents is 1. The van der Waals surface area contributed by atoms with Crippen molar-refractivity contribution in [3.63, 3.8) is 0 Å². The summed E-state index contributed by atoms with van der Waals surface area (Å²) >= 11 is 0. The fraction of sp³-hybridized carbons (Fsp3) is 0.235. The van der Waals surface area contributed by atoms with Gasteiger partial charge in [0.25, 0.3) is 5.91 Å². The number of likely N-dealkylation sites (N-methyl/N-ethyl adjacent to an activating group) is 2. The lowest BCUT2D eigenvalue weighted by Crippen LogP contribution is -2.39. The molecule has 0 saturated carbocycles. The number of nitrogens with zero attached hydrogens (tertiary/aromatic N) is 1. The molecule has 2 aromatic rings. The van der Waals surface area contributed by atoms with E-state index < -0.39 is 18.5 Å². The third-order valence-electron chi connectivity index (χ3n) is 3.50. The molecule has 0 saturated heterocycles. The fourth-order valence-corrected chi connectivity index (χ4v) is 2.09. The monoisotopic (exact) mass is 330 g/mol.